The largest absolute Gasteiger partial charge is 0.339 e. The lowest BCUT2D eigenvalue weighted by Crippen LogP contribution is -2.18. The van der Waals surface area contributed by atoms with Crippen molar-refractivity contribution >= 4 is 22.7 Å². The van der Waals surface area contributed by atoms with Crippen molar-refractivity contribution in [2.45, 2.75) is 13.1 Å². The normalized spacial score (nSPS) is 10.6. The van der Waals surface area contributed by atoms with Crippen LogP contribution in [0, 0.1) is 6.07 Å². The van der Waals surface area contributed by atoms with Gasteiger partial charge in [-0.2, -0.15) is 24.3 Å². The fraction of sp³-hybridized carbons (Fsp3) is 0.0625. The third kappa shape index (κ3) is 5.19. The number of hydrogen-bond donors (Lipinski definition) is 0. The second-order valence-electron chi connectivity index (χ2n) is 8.22. The maximum atomic E-state index is 3.70. The van der Waals surface area contributed by atoms with E-state index in [-0.39, 0.29) is 0 Å². The van der Waals surface area contributed by atoms with Crippen molar-refractivity contribution in [2.75, 3.05) is 9.80 Å². The Morgan fingerprint density at radius 3 is 0.941 bits per heavy atom. The lowest BCUT2D eigenvalue weighted by molar-refractivity contribution is 0.942. The van der Waals surface area contributed by atoms with Crippen LogP contribution in [0.25, 0.3) is 0 Å². The predicted molar refractivity (Wildman–Crippen MR) is 143 cm³/mol. The Bertz CT molecular complexity index is 1110. The van der Waals surface area contributed by atoms with E-state index in [9.17, 15) is 0 Å². The molecule has 0 N–H and O–H groups in total. The number of para-hydroxylation sites is 4. The molecule has 5 aromatic rings. The maximum Gasteiger partial charge on any atom is 0.0413 e. The van der Waals surface area contributed by atoms with Gasteiger partial charge in [0.25, 0.3) is 0 Å². The average molecular weight is 440 g/mol. The quantitative estimate of drug-likeness (QED) is 0.225. The highest BCUT2D eigenvalue weighted by Crippen LogP contribution is 2.29. The molecule has 0 bridgehead atoms. The Hall–Kier alpha value is -4.30. The van der Waals surface area contributed by atoms with Crippen molar-refractivity contribution in [3.05, 3.63) is 157 Å². The molecule has 166 valence electrons. The van der Waals surface area contributed by atoms with Gasteiger partial charge in [0, 0.05) is 35.8 Å². The molecule has 0 heterocycles. The van der Waals surface area contributed by atoms with Crippen LogP contribution in [0.5, 0.6) is 0 Å². The molecule has 34 heavy (non-hydrogen) atoms. The summed E-state index contributed by atoms with van der Waals surface area (Å²) in [7, 11) is 0. The molecule has 0 aliphatic heterocycles. The lowest BCUT2D eigenvalue weighted by atomic mass is 10.1. The molecule has 0 fully saturated rings. The van der Waals surface area contributed by atoms with Gasteiger partial charge >= 0.3 is 0 Å². The molecule has 0 aliphatic rings. The summed E-state index contributed by atoms with van der Waals surface area (Å²) >= 11 is 0. The number of anilines is 4. The van der Waals surface area contributed by atoms with Crippen LogP contribution >= 0.6 is 0 Å². The maximum absolute atomic E-state index is 3.70. The number of hydrogen-bond acceptors (Lipinski definition) is 2. The summed E-state index contributed by atoms with van der Waals surface area (Å²) in [6.45, 7) is 1.50. The first kappa shape index (κ1) is 21.5. The molecule has 0 saturated carbocycles. The molecule has 5 rings (SSSR count). The highest BCUT2D eigenvalue weighted by atomic mass is 15.1. The van der Waals surface area contributed by atoms with E-state index in [1.54, 1.807) is 0 Å². The first-order valence-electron chi connectivity index (χ1n) is 11.6. The van der Waals surface area contributed by atoms with Gasteiger partial charge in [-0.15, -0.1) is 11.1 Å². The molecule has 0 saturated heterocycles. The molecular formula is C32H27N2-. The Morgan fingerprint density at radius 2 is 0.647 bits per heavy atom. The summed E-state index contributed by atoms with van der Waals surface area (Å²) in [6, 6.07) is 52.3. The number of nitrogens with zero attached hydrogens (tertiary/aromatic N) is 2. The van der Waals surface area contributed by atoms with Gasteiger partial charge in [-0.3, -0.25) is 0 Å². The van der Waals surface area contributed by atoms with E-state index in [0.29, 0.717) is 0 Å². The molecule has 0 aliphatic carbocycles. The molecule has 2 nitrogen and oxygen atoms in total. The minimum Gasteiger partial charge on any atom is -0.339 e. The summed E-state index contributed by atoms with van der Waals surface area (Å²) in [5, 5.41) is 0. The third-order valence-electron chi connectivity index (χ3n) is 5.84. The summed E-state index contributed by atoms with van der Waals surface area (Å²) in [5.74, 6) is 0. The second kappa shape index (κ2) is 10.5. The molecule has 0 unspecified atom stereocenters. The molecule has 0 aromatic heterocycles. The summed E-state index contributed by atoms with van der Waals surface area (Å²) in [4.78, 5) is 4.67. The van der Waals surface area contributed by atoms with Crippen LogP contribution in [0.4, 0.5) is 22.7 Å². The van der Waals surface area contributed by atoms with Gasteiger partial charge in [0.05, 0.1) is 0 Å². The average Bonchev–Trinajstić information content (AvgIpc) is 2.92. The zero-order valence-corrected chi connectivity index (χ0v) is 19.1. The van der Waals surface area contributed by atoms with Gasteiger partial charge in [0.15, 0.2) is 0 Å². The summed E-state index contributed by atoms with van der Waals surface area (Å²) in [6.07, 6.45) is 0. The van der Waals surface area contributed by atoms with Gasteiger partial charge in [-0.1, -0.05) is 72.8 Å². The zero-order valence-electron chi connectivity index (χ0n) is 19.1. The fourth-order valence-corrected chi connectivity index (χ4v) is 4.19. The first-order valence-corrected chi connectivity index (χ1v) is 11.6. The van der Waals surface area contributed by atoms with Crippen molar-refractivity contribution in [3.8, 4) is 0 Å². The smallest absolute Gasteiger partial charge is 0.0413 e. The van der Waals surface area contributed by atoms with Crippen LogP contribution in [0.15, 0.2) is 140 Å². The van der Waals surface area contributed by atoms with Gasteiger partial charge in [0.2, 0.25) is 0 Å². The van der Waals surface area contributed by atoms with Gasteiger partial charge in [-0.05, 0) is 48.5 Å². The molecule has 5 aromatic carbocycles. The van der Waals surface area contributed by atoms with E-state index in [4.69, 9.17) is 0 Å². The molecule has 0 radical (unpaired) electrons. The molecule has 2 heteroatoms. The topological polar surface area (TPSA) is 6.48 Å². The number of benzene rings is 5. The minimum atomic E-state index is 0.749. The van der Waals surface area contributed by atoms with Gasteiger partial charge in [0.1, 0.15) is 0 Å². The van der Waals surface area contributed by atoms with Crippen LogP contribution in [-0.4, -0.2) is 0 Å². The molecular weight excluding hydrogens is 412 g/mol. The summed E-state index contributed by atoms with van der Waals surface area (Å²) in [5.41, 5.74) is 6.99. The minimum absolute atomic E-state index is 0.749. The SMILES string of the molecule is [c-]1c(CN(c2ccccc2)c2ccccc2)cccc1CN(c1ccccc1)c1ccccc1. The molecule has 0 spiro atoms. The van der Waals surface area contributed by atoms with E-state index in [2.05, 4.69) is 155 Å². The standard InChI is InChI=1S/C32H27N2/c1-5-16-29(17-6-1)33(30-18-7-2-8-19-30)25-27-14-13-15-28(24-27)26-34(31-20-9-3-10-21-31)32-22-11-4-12-23-32/h1-23H,25-26H2/q-1. The van der Waals surface area contributed by atoms with Crippen molar-refractivity contribution in [3.63, 3.8) is 0 Å². The van der Waals surface area contributed by atoms with E-state index in [1.165, 1.54) is 22.7 Å². The van der Waals surface area contributed by atoms with Crippen LogP contribution in [-0.2, 0) is 13.1 Å². The van der Waals surface area contributed by atoms with Crippen LogP contribution in [0.2, 0.25) is 0 Å². The number of rotatable bonds is 8. The predicted octanol–water partition coefficient (Wildman–Crippen LogP) is 8.16. The molecule has 0 atom stereocenters. The Labute approximate surface area is 202 Å². The van der Waals surface area contributed by atoms with Crippen molar-refractivity contribution < 1.29 is 0 Å². The van der Waals surface area contributed by atoms with E-state index >= 15 is 0 Å². The van der Waals surface area contributed by atoms with E-state index in [0.717, 1.165) is 24.2 Å². The highest BCUT2D eigenvalue weighted by Gasteiger charge is 2.10. The monoisotopic (exact) mass is 439 g/mol. The van der Waals surface area contributed by atoms with Crippen LogP contribution in [0.3, 0.4) is 0 Å². The molecule has 0 amide bonds. The second-order valence-corrected chi connectivity index (χ2v) is 8.22. The third-order valence-corrected chi connectivity index (χ3v) is 5.84. The van der Waals surface area contributed by atoms with Crippen molar-refractivity contribution in [1.29, 1.82) is 0 Å². The van der Waals surface area contributed by atoms with E-state index in [1.807, 2.05) is 0 Å². The Balaban J connectivity index is 1.44. The Morgan fingerprint density at radius 1 is 0.353 bits per heavy atom. The van der Waals surface area contributed by atoms with Crippen LogP contribution in [0.1, 0.15) is 11.1 Å². The van der Waals surface area contributed by atoms with Gasteiger partial charge < -0.3 is 9.80 Å². The zero-order chi connectivity index (χ0) is 23.0. The first-order chi connectivity index (χ1) is 16.9. The van der Waals surface area contributed by atoms with Crippen molar-refractivity contribution in [1.82, 2.24) is 0 Å². The summed E-state index contributed by atoms with van der Waals surface area (Å²) < 4.78 is 0. The highest BCUT2D eigenvalue weighted by molar-refractivity contribution is 5.64. The Kier molecular flexibility index (Phi) is 6.68. The van der Waals surface area contributed by atoms with Crippen molar-refractivity contribution in [2.24, 2.45) is 0 Å². The lowest BCUT2D eigenvalue weighted by Gasteiger charge is -2.29. The van der Waals surface area contributed by atoms with Gasteiger partial charge in [-0.25, -0.2) is 0 Å². The van der Waals surface area contributed by atoms with Crippen LogP contribution < -0.4 is 9.80 Å². The van der Waals surface area contributed by atoms with E-state index < -0.39 is 0 Å². The fourth-order valence-electron chi connectivity index (χ4n) is 4.19.